The summed E-state index contributed by atoms with van der Waals surface area (Å²) in [7, 11) is 0. The maximum atomic E-state index is 13.3. The first-order valence-electron chi connectivity index (χ1n) is 4.36. The highest BCUT2D eigenvalue weighted by molar-refractivity contribution is 9.10. The van der Waals surface area contributed by atoms with Crippen LogP contribution >= 0.6 is 15.9 Å². The lowest BCUT2D eigenvalue weighted by Gasteiger charge is -2.07. The molecule has 2 rings (SSSR count). The first-order chi connectivity index (χ1) is 7.15. The lowest BCUT2D eigenvalue weighted by molar-refractivity contribution is -0.130. The van der Waals surface area contributed by atoms with Gasteiger partial charge in [0.1, 0.15) is 5.82 Å². The number of hydrogen-bond donors (Lipinski definition) is 1. The summed E-state index contributed by atoms with van der Waals surface area (Å²) in [5.41, 5.74) is 0.844. The molecule has 0 fully saturated rings. The van der Waals surface area contributed by atoms with Crippen LogP contribution in [0.1, 0.15) is 11.5 Å². The quantitative estimate of drug-likeness (QED) is 0.660. The van der Waals surface area contributed by atoms with E-state index in [-0.39, 0.29) is 12.8 Å². The molecular weight excluding hydrogens is 265 g/mol. The zero-order valence-corrected chi connectivity index (χ0v) is 9.17. The minimum atomic E-state index is -0.581. The van der Waals surface area contributed by atoms with Crippen molar-refractivity contribution in [3.63, 3.8) is 0 Å². The smallest absolute Gasteiger partial charge is 0.204 e. The van der Waals surface area contributed by atoms with Crippen LogP contribution in [0.5, 0.6) is 0 Å². The topological polar surface area (TPSA) is 46.2 Å². The molecule has 1 heterocycles. The Balaban J connectivity index is 2.54. The van der Waals surface area contributed by atoms with Crippen molar-refractivity contribution in [2.24, 2.45) is 0 Å². The van der Waals surface area contributed by atoms with E-state index in [9.17, 15) is 14.0 Å². The van der Waals surface area contributed by atoms with E-state index >= 15 is 0 Å². The number of fused-ring (bicyclic) bond motifs is 1. The molecule has 1 unspecified atom stereocenters. The lowest BCUT2D eigenvalue weighted by Crippen LogP contribution is -2.15. The number of benzene rings is 1. The van der Waals surface area contributed by atoms with E-state index in [1.807, 2.05) is 0 Å². The lowest BCUT2D eigenvalue weighted by atomic mass is 9.97. The molecule has 5 heteroatoms. The normalized spacial score (nSPS) is 18.1. The van der Waals surface area contributed by atoms with Crippen molar-refractivity contribution in [3.05, 3.63) is 28.0 Å². The molecule has 15 heavy (non-hydrogen) atoms. The zero-order chi connectivity index (χ0) is 11.0. The summed E-state index contributed by atoms with van der Waals surface area (Å²) in [6.45, 7) is 0.270. The Hall–Kier alpha value is -1.23. The van der Waals surface area contributed by atoms with Crippen LogP contribution in [0, 0.1) is 5.82 Å². The molecule has 0 aliphatic carbocycles. The van der Waals surface area contributed by atoms with Crippen molar-refractivity contribution in [1.29, 1.82) is 0 Å². The third-order valence-corrected chi connectivity index (χ3v) is 3.12. The van der Waals surface area contributed by atoms with Crippen molar-refractivity contribution in [2.75, 3.05) is 11.9 Å². The second-order valence-electron chi connectivity index (χ2n) is 3.27. The monoisotopic (exact) mass is 271 g/mol. The van der Waals surface area contributed by atoms with Gasteiger partial charge in [0.25, 0.3) is 0 Å². The van der Waals surface area contributed by atoms with Gasteiger partial charge in [0.2, 0.25) is 5.78 Å². The van der Waals surface area contributed by atoms with E-state index in [4.69, 9.17) is 0 Å². The van der Waals surface area contributed by atoms with Crippen LogP contribution in [0.2, 0.25) is 0 Å². The number of carbonyl (C=O) groups excluding carboxylic acids is 2. The fraction of sp³-hybridized carbons (Fsp3) is 0.200. The second-order valence-corrected chi connectivity index (χ2v) is 4.13. The van der Waals surface area contributed by atoms with Gasteiger partial charge in [-0.3, -0.25) is 9.59 Å². The highest BCUT2D eigenvalue weighted by atomic mass is 79.9. The number of nitrogens with one attached hydrogen (secondary N) is 1. The predicted molar refractivity (Wildman–Crippen MR) is 56.4 cm³/mol. The van der Waals surface area contributed by atoms with Crippen LogP contribution in [0.3, 0.4) is 0 Å². The molecular formula is C10H7BrFNO2. The summed E-state index contributed by atoms with van der Waals surface area (Å²) < 4.78 is 14.0. The van der Waals surface area contributed by atoms with Crippen LogP contribution in [0.25, 0.3) is 0 Å². The molecule has 0 radical (unpaired) electrons. The van der Waals surface area contributed by atoms with Crippen LogP contribution < -0.4 is 5.32 Å². The minimum absolute atomic E-state index is 0.270. The highest BCUT2D eigenvalue weighted by Crippen LogP contribution is 2.38. The largest absolute Gasteiger partial charge is 0.381 e. The van der Waals surface area contributed by atoms with Gasteiger partial charge in [-0.2, -0.15) is 0 Å². The second kappa shape index (κ2) is 3.73. The molecule has 1 aliphatic heterocycles. The van der Waals surface area contributed by atoms with E-state index in [1.165, 1.54) is 12.1 Å². The number of anilines is 1. The maximum Gasteiger partial charge on any atom is 0.204 e. The predicted octanol–water partition coefficient (Wildman–Crippen LogP) is 1.87. The van der Waals surface area contributed by atoms with E-state index in [2.05, 4.69) is 21.2 Å². The molecule has 1 atom stereocenters. The van der Waals surface area contributed by atoms with E-state index < -0.39 is 17.5 Å². The Bertz CT molecular complexity index is 447. The molecule has 3 nitrogen and oxygen atoms in total. The molecule has 0 saturated carbocycles. The van der Waals surface area contributed by atoms with E-state index in [0.29, 0.717) is 15.7 Å². The summed E-state index contributed by atoms with van der Waals surface area (Å²) in [5, 5.41) is 2.79. The fourth-order valence-corrected chi connectivity index (χ4v) is 2.33. The molecule has 0 spiro atoms. The average molecular weight is 272 g/mol. The van der Waals surface area contributed by atoms with Gasteiger partial charge >= 0.3 is 0 Å². The Labute approximate surface area is 93.8 Å². The Morgan fingerprint density at radius 1 is 1.60 bits per heavy atom. The number of hydrogen-bond acceptors (Lipinski definition) is 3. The molecule has 0 saturated heterocycles. The Kier molecular flexibility index (Phi) is 2.56. The van der Waals surface area contributed by atoms with Crippen LogP contribution in [-0.4, -0.2) is 18.6 Å². The average Bonchev–Trinajstić information content (AvgIpc) is 2.68. The maximum absolute atomic E-state index is 13.3. The molecule has 0 amide bonds. The summed E-state index contributed by atoms with van der Waals surface area (Å²) in [4.78, 5) is 21.7. The van der Waals surface area contributed by atoms with Gasteiger partial charge < -0.3 is 5.32 Å². The van der Waals surface area contributed by atoms with Crippen molar-refractivity contribution in [3.8, 4) is 0 Å². The summed E-state index contributed by atoms with van der Waals surface area (Å²) in [5.74, 6) is -1.52. The van der Waals surface area contributed by atoms with Gasteiger partial charge in [-0.1, -0.05) is 15.9 Å². The Morgan fingerprint density at radius 2 is 2.33 bits per heavy atom. The molecule has 0 aromatic heterocycles. The Morgan fingerprint density at radius 3 is 3.00 bits per heavy atom. The van der Waals surface area contributed by atoms with Crippen molar-refractivity contribution < 1.29 is 14.0 Å². The van der Waals surface area contributed by atoms with Gasteiger partial charge in [0, 0.05) is 16.6 Å². The fourth-order valence-electron chi connectivity index (χ4n) is 1.72. The highest BCUT2D eigenvalue weighted by Gasteiger charge is 2.31. The molecule has 1 aromatic rings. The van der Waals surface area contributed by atoms with Crippen LogP contribution in [0.4, 0.5) is 10.1 Å². The van der Waals surface area contributed by atoms with Crippen molar-refractivity contribution in [2.45, 2.75) is 5.92 Å². The van der Waals surface area contributed by atoms with E-state index in [1.54, 1.807) is 0 Å². The van der Waals surface area contributed by atoms with Crippen molar-refractivity contribution >= 4 is 33.7 Å². The summed E-state index contributed by atoms with van der Waals surface area (Å²) >= 11 is 3.24. The number of aldehydes is 1. The molecule has 1 aliphatic rings. The zero-order valence-electron chi connectivity index (χ0n) is 7.59. The third kappa shape index (κ3) is 1.56. The number of rotatable bonds is 2. The van der Waals surface area contributed by atoms with Crippen LogP contribution in [-0.2, 0) is 9.59 Å². The molecule has 1 N–H and O–H groups in total. The number of ketones is 1. The van der Waals surface area contributed by atoms with Gasteiger partial charge in [-0.05, 0) is 12.1 Å². The molecule has 1 aromatic carbocycles. The number of carbonyl (C=O) groups is 2. The first kappa shape index (κ1) is 10.3. The first-order valence-corrected chi connectivity index (χ1v) is 5.15. The number of Topliss-reactive ketones (excluding diaryl/α,β-unsaturated/α-hetero) is 1. The SMILES string of the molecule is O=CC(=O)C1CNc2c(F)ccc(Br)c21. The summed E-state index contributed by atoms with van der Waals surface area (Å²) in [6.07, 6.45) is 0.277. The van der Waals surface area contributed by atoms with Gasteiger partial charge in [-0.25, -0.2) is 4.39 Å². The van der Waals surface area contributed by atoms with Gasteiger partial charge in [0.05, 0.1) is 11.6 Å². The number of halogens is 2. The molecule has 0 bridgehead atoms. The van der Waals surface area contributed by atoms with Gasteiger partial charge in [-0.15, -0.1) is 0 Å². The molecule has 78 valence electrons. The minimum Gasteiger partial charge on any atom is -0.381 e. The van der Waals surface area contributed by atoms with Crippen molar-refractivity contribution in [1.82, 2.24) is 0 Å². The van der Waals surface area contributed by atoms with Crippen LogP contribution in [0.15, 0.2) is 16.6 Å². The van der Waals surface area contributed by atoms with E-state index in [0.717, 1.165) is 0 Å². The third-order valence-electron chi connectivity index (χ3n) is 2.43. The summed E-state index contributed by atoms with van der Waals surface area (Å²) in [6, 6.07) is 2.84. The standard InChI is InChI=1S/C10H7BrFNO2/c11-6-1-2-7(12)10-9(6)5(3-13-10)8(15)4-14/h1-2,4-5,13H,3H2. The van der Waals surface area contributed by atoms with Gasteiger partial charge in [0.15, 0.2) is 6.29 Å².